The van der Waals surface area contributed by atoms with Gasteiger partial charge >= 0.3 is 0 Å². The van der Waals surface area contributed by atoms with Crippen LogP contribution >= 0.6 is 15.9 Å². The highest BCUT2D eigenvalue weighted by Crippen LogP contribution is 2.57. The predicted octanol–water partition coefficient (Wildman–Crippen LogP) is 5.81. The summed E-state index contributed by atoms with van der Waals surface area (Å²) < 4.78 is 7.15. The SMILES string of the molecule is O=C1[C@@H]2[C@@H](c3ccc(Br)cc3)OC3(C(=O)c4ccccc4C3=O)[C@@H]2C(=O)N1c1ccc(-c2ccccc2)cc1. The van der Waals surface area contributed by atoms with E-state index in [2.05, 4.69) is 15.9 Å². The van der Waals surface area contributed by atoms with Crippen molar-refractivity contribution in [2.45, 2.75) is 11.7 Å². The number of ether oxygens (including phenoxy) is 1. The van der Waals surface area contributed by atoms with E-state index in [0.717, 1.165) is 20.5 Å². The molecule has 4 aromatic rings. The lowest BCUT2D eigenvalue weighted by Gasteiger charge is -2.27. The first-order valence-corrected chi connectivity index (χ1v) is 13.4. The van der Waals surface area contributed by atoms with Crippen molar-refractivity contribution < 1.29 is 23.9 Å². The molecule has 3 atom stereocenters. The molecule has 2 fully saturated rings. The number of benzene rings is 4. The minimum absolute atomic E-state index is 0.212. The van der Waals surface area contributed by atoms with Crippen LogP contribution in [0.1, 0.15) is 32.4 Å². The Morgan fingerprint density at radius 3 is 1.82 bits per heavy atom. The maximum Gasteiger partial charge on any atom is 0.241 e. The number of fused-ring (bicyclic) bond motifs is 3. The van der Waals surface area contributed by atoms with Gasteiger partial charge in [-0.25, -0.2) is 4.90 Å². The summed E-state index contributed by atoms with van der Waals surface area (Å²) in [6, 6.07) is 30.5. The zero-order valence-electron chi connectivity index (χ0n) is 20.4. The molecule has 190 valence electrons. The Kier molecular flexibility index (Phi) is 5.30. The highest BCUT2D eigenvalue weighted by Gasteiger charge is 2.74. The Morgan fingerprint density at radius 2 is 1.21 bits per heavy atom. The van der Waals surface area contributed by atoms with E-state index in [1.807, 2.05) is 42.5 Å². The zero-order valence-corrected chi connectivity index (χ0v) is 22.0. The summed E-state index contributed by atoms with van der Waals surface area (Å²) in [6.45, 7) is 0. The molecule has 7 rings (SSSR count). The van der Waals surface area contributed by atoms with Crippen molar-refractivity contribution in [1.82, 2.24) is 0 Å². The first kappa shape index (κ1) is 23.9. The van der Waals surface area contributed by atoms with Gasteiger partial charge < -0.3 is 4.74 Å². The van der Waals surface area contributed by atoms with Crippen molar-refractivity contribution >= 4 is 45.0 Å². The molecule has 0 bridgehead atoms. The first-order chi connectivity index (χ1) is 18.9. The van der Waals surface area contributed by atoms with E-state index in [9.17, 15) is 19.2 Å². The third-order valence-corrected chi connectivity index (χ3v) is 8.48. The predicted molar refractivity (Wildman–Crippen MR) is 147 cm³/mol. The Hall–Kier alpha value is -4.20. The van der Waals surface area contributed by atoms with Crippen LogP contribution in [0.15, 0.2) is 108 Å². The average Bonchev–Trinajstić information content (AvgIpc) is 3.54. The molecule has 2 aliphatic heterocycles. The molecule has 1 aliphatic carbocycles. The first-order valence-electron chi connectivity index (χ1n) is 12.6. The van der Waals surface area contributed by atoms with Crippen LogP contribution in [0.2, 0.25) is 0 Å². The summed E-state index contributed by atoms with van der Waals surface area (Å²) in [6.07, 6.45) is -0.949. The van der Waals surface area contributed by atoms with E-state index in [1.54, 1.807) is 60.7 Å². The number of nitrogens with zero attached hydrogens (tertiary/aromatic N) is 1. The number of anilines is 1. The van der Waals surface area contributed by atoms with E-state index in [4.69, 9.17) is 4.74 Å². The molecule has 39 heavy (non-hydrogen) atoms. The molecule has 0 N–H and O–H groups in total. The molecule has 4 aromatic carbocycles. The van der Waals surface area contributed by atoms with E-state index >= 15 is 0 Å². The monoisotopic (exact) mass is 577 g/mol. The molecular weight excluding hydrogens is 558 g/mol. The van der Waals surface area contributed by atoms with Crippen LogP contribution in [0.3, 0.4) is 0 Å². The van der Waals surface area contributed by atoms with E-state index in [1.165, 1.54) is 0 Å². The molecule has 2 saturated heterocycles. The Balaban J connectivity index is 1.34. The Labute approximate surface area is 232 Å². The van der Waals surface area contributed by atoms with Crippen LogP contribution in [-0.2, 0) is 14.3 Å². The van der Waals surface area contributed by atoms with Crippen LogP contribution in [0, 0.1) is 11.8 Å². The van der Waals surface area contributed by atoms with Gasteiger partial charge in [-0.3, -0.25) is 19.2 Å². The number of imide groups is 1. The van der Waals surface area contributed by atoms with Gasteiger partial charge in [0.25, 0.3) is 0 Å². The number of carbonyl (C=O) groups is 4. The van der Waals surface area contributed by atoms with Gasteiger partial charge in [0.1, 0.15) is 0 Å². The minimum Gasteiger partial charge on any atom is -0.349 e. The summed E-state index contributed by atoms with van der Waals surface area (Å²) in [5, 5.41) is 0. The molecule has 2 amide bonds. The molecule has 0 aromatic heterocycles. The number of hydrogen-bond donors (Lipinski definition) is 0. The average molecular weight is 578 g/mol. The zero-order chi connectivity index (χ0) is 26.9. The second-order valence-electron chi connectivity index (χ2n) is 9.96. The van der Waals surface area contributed by atoms with Gasteiger partial charge in [-0.15, -0.1) is 0 Å². The molecular formula is C32H20BrNO5. The Bertz CT molecular complexity index is 1650. The molecule has 0 radical (unpaired) electrons. The minimum atomic E-state index is -2.09. The van der Waals surface area contributed by atoms with Gasteiger partial charge in [0.2, 0.25) is 29.0 Å². The summed E-state index contributed by atoms with van der Waals surface area (Å²) in [5.74, 6) is -4.54. The molecule has 3 aliphatic rings. The normalized spacial score (nSPS) is 23.0. The molecule has 1 spiro atoms. The number of hydrogen-bond acceptors (Lipinski definition) is 5. The smallest absolute Gasteiger partial charge is 0.241 e. The number of Topliss-reactive ketones (excluding diaryl/α,β-unsaturated/α-hetero) is 2. The van der Waals surface area contributed by atoms with Gasteiger partial charge in [0, 0.05) is 15.6 Å². The standard InChI is InChI=1S/C32H20BrNO5/c33-21-14-10-20(11-15-21)27-25-26(32(39-27)28(35)23-8-4-5-9-24(23)29(32)36)31(38)34(30(25)37)22-16-12-19(13-17-22)18-6-2-1-3-7-18/h1-17,25-27H/t25-,26-,27+/m0/s1. The lowest BCUT2D eigenvalue weighted by molar-refractivity contribution is -0.127. The maximum absolute atomic E-state index is 14.1. The fourth-order valence-electron chi connectivity index (χ4n) is 6.16. The van der Waals surface area contributed by atoms with Crippen LogP contribution in [0.4, 0.5) is 5.69 Å². The maximum atomic E-state index is 14.1. The van der Waals surface area contributed by atoms with Gasteiger partial charge in [-0.1, -0.05) is 94.8 Å². The Morgan fingerprint density at radius 1 is 0.641 bits per heavy atom. The van der Waals surface area contributed by atoms with Crippen molar-refractivity contribution in [2.75, 3.05) is 4.90 Å². The van der Waals surface area contributed by atoms with Crippen LogP contribution in [0.5, 0.6) is 0 Å². The highest BCUT2D eigenvalue weighted by atomic mass is 79.9. The van der Waals surface area contributed by atoms with Crippen molar-refractivity contribution in [3.63, 3.8) is 0 Å². The van der Waals surface area contributed by atoms with E-state index in [0.29, 0.717) is 11.3 Å². The highest BCUT2D eigenvalue weighted by molar-refractivity contribution is 9.10. The summed E-state index contributed by atoms with van der Waals surface area (Å²) in [7, 11) is 0. The van der Waals surface area contributed by atoms with Crippen molar-refractivity contribution in [2.24, 2.45) is 11.8 Å². The number of rotatable bonds is 3. The molecule has 6 nitrogen and oxygen atoms in total. The largest absolute Gasteiger partial charge is 0.349 e. The van der Waals surface area contributed by atoms with E-state index < -0.39 is 46.9 Å². The lowest BCUT2D eigenvalue weighted by atomic mass is 9.77. The van der Waals surface area contributed by atoms with Crippen molar-refractivity contribution in [3.05, 3.63) is 124 Å². The van der Waals surface area contributed by atoms with Gasteiger partial charge in [-0.05, 0) is 41.0 Å². The third-order valence-electron chi connectivity index (χ3n) is 7.95. The molecule has 2 heterocycles. The van der Waals surface area contributed by atoms with Gasteiger partial charge in [0.15, 0.2) is 0 Å². The van der Waals surface area contributed by atoms with Crippen LogP contribution < -0.4 is 4.90 Å². The summed E-state index contributed by atoms with van der Waals surface area (Å²) in [5.41, 5.74) is 1.28. The van der Waals surface area contributed by atoms with Crippen molar-refractivity contribution in [1.29, 1.82) is 0 Å². The fraction of sp³-hybridized carbons (Fsp3) is 0.125. The number of carbonyl (C=O) groups excluding carboxylic acids is 4. The second-order valence-corrected chi connectivity index (χ2v) is 10.9. The molecule has 0 saturated carbocycles. The van der Waals surface area contributed by atoms with Crippen molar-refractivity contribution in [3.8, 4) is 11.1 Å². The van der Waals surface area contributed by atoms with Crippen LogP contribution in [0.25, 0.3) is 11.1 Å². The van der Waals surface area contributed by atoms with E-state index in [-0.39, 0.29) is 11.1 Å². The lowest BCUT2D eigenvalue weighted by Crippen LogP contribution is -2.51. The van der Waals surface area contributed by atoms with Crippen LogP contribution in [-0.4, -0.2) is 29.0 Å². The quantitative estimate of drug-likeness (QED) is 0.227. The second kappa shape index (κ2) is 8.66. The number of ketones is 2. The topological polar surface area (TPSA) is 80.8 Å². The summed E-state index contributed by atoms with van der Waals surface area (Å²) in [4.78, 5) is 57.0. The molecule has 7 heteroatoms. The van der Waals surface area contributed by atoms with Gasteiger partial charge in [-0.2, -0.15) is 0 Å². The van der Waals surface area contributed by atoms with Gasteiger partial charge in [0.05, 0.1) is 23.6 Å². The third kappa shape index (κ3) is 3.30. The fourth-order valence-corrected chi connectivity index (χ4v) is 6.42. The summed E-state index contributed by atoms with van der Waals surface area (Å²) >= 11 is 3.41. The molecule has 0 unspecified atom stereocenters. The number of amides is 2. The number of halogens is 1.